The van der Waals surface area contributed by atoms with Crippen molar-refractivity contribution in [1.82, 2.24) is 0 Å². The third-order valence-electron chi connectivity index (χ3n) is 4.47. The van der Waals surface area contributed by atoms with Crippen LogP contribution in [0.2, 0.25) is 0 Å². The molecule has 1 aliphatic heterocycles. The molecule has 26 heavy (non-hydrogen) atoms. The molecule has 2 atom stereocenters. The highest BCUT2D eigenvalue weighted by atomic mass is 32.2. The lowest BCUT2D eigenvalue weighted by Gasteiger charge is -2.25. The van der Waals surface area contributed by atoms with Gasteiger partial charge < -0.3 is 14.7 Å². The van der Waals surface area contributed by atoms with Gasteiger partial charge in [0.15, 0.2) is 5.78 Å². The number of amides is 1. The molecule has 0 spiro atoms. The lowest BCUT2D eigenvalue weighted by Crippen LogP contribution is -2.40. The van der Waals surface area contributed by atoms with Crippen LogP contribution < -0.4 is 9.64 Å². The molecular formula is C20H21NO4S. The second-order valence-electron chi connectivity index (χ2n) is 6.05. The van der Waals surface area contributed by atoms with E-state index >= 15 is 0 Å². The van der Waals surface area contributed by atoms with Gasteiger partial charge in [0.2, 0.25) is 0 Å². The molecule has 0 bridgehead atoms. The molecule has 136 valence electrons. The number of benzene rings is 2. The van der Waals surface area contributed by atoms with E-state index in [0.717, 1.165) is 10.5 Å². The first kappa shape index (κ1) is 18.5. The molecular weight excluding hydrogens is 350 g/mol. The third kappa shape index (κ3) is 3.22. The topological polar surface area (TPSA) is 66.8 Å². The number of fused-ring (bicyclic) bond motifs is 1. The molecule has 3 rings (SSSR count). The number of ketones is 1. The zero-order valence-electron chi connectivity index (χ0n) is 14.9. The van der Waals surface area contributed by atoms with Crippen LogP contribution in [0.3, 0.4) is 0 Å². The van der Waals surface area contributed by atoms with Gasteiger partial charge in [0.25, 0.3) is 5.91 Å². The highest BCUT2D eigenvalue weighted by molar-refractivity contribution is 7.99. The monoisotopic (exact) mass is 371 g/mol. The van der Waals surface area contributed by atoms with Crippen molar-refractivity contribution >= 4 is 29.1 Å². The molecule has 1 N–H and O–H groups in total. The van der Waals surface area contributed by atoms with Crippen molar-refractivity contribution < 1.29 is 19.4 Å². The molecule has 0 unspecified atom stereocenters. The van der Waals surface area contributed by atoms with Gasteiger partial charge in [0.05, 0.1) is 18.0 Å². The number of rotatable bonds is 4. The Balaban J connectivity index is 2.12. The standard InChI is InChI=1S/C20H21NO4S/c1-4-21-17-15(12(2)22)6-5-7-16(17)26-19(18(23)20(21)24)13-8-10-14(25-3)11-9-13/h5-11,18-19,23H,4H2,1-3H3/t18-,19+/m1/s1. The number of carbonyl (C=O) groups is 2. The van der Waals surface area contributed by atoms with Gasteiger partial charge in [-0.3, -0.25) is 9.59 Å². The molecule has 0 saturated carbocycles. The lowest BCUT2D eigenvalue weighted by atomic mass is 10.0. The minimum atomic E-state index is -1.21. The van der Waals surface area contributed by atoms with Gasteiger partial charge in [-0.15, -0.1) is 11.8 Å². The van der Waals surface area contributed by atoms with Crippen LogP contribution in [0.5, 0.6) is 5.75 Å². The Kier molecular flexibility index (Phi) is 5.34. The summed E-state index contributed by atoms with van der Waals surface area (Å²) in [5.74, 6) is 0.210. The fourth-order valence-corrected chi connectivity index (χ4v) is 4.44. The summed E-state index contributed by atoms with van der Waals surface area (Å²) >= 11 is 1.40. The van der Waals surface area contributed by atoms with E-state index in [2.05, 4.69) is 0 Å². The van der Waals surface area contributed by atoms with E-state index in [1.807, 2.05) is 43.3 Å². The van der Waals surface area contributed by atoms with Crippen LogP contribution in [-0.2, 0) is 4.79 Å². The Morgan fingerprint density at radius 3 is 2.50 bits per heavy atom. The largest absolute Gasteiger partial charge is 0.497 e. The van der Waals surface area contributed by atoms with Gasteiger partial charge >= 0.3 is 0 Å². The average Bonchev–Trinajstić information content (AvgIpc) is 2.76. The first-order chi connectivity index (χ1) is 12.5. The van der Waals surface area contributed by atoms with Gasteiger partial charge in [-0.25, -0.2) is 0 Å². The molecule has 0 saturated heterocycles. The van der Waals surface area contributed by atoms with Crippen molar-refractivity contribution in [3.8, 4) is 5.75 Å². The van der Waals surface area contributed by atoms with Gasteiger partial charge in [0.1, 0.15) is 11.9 Å². The number of para-hydroxylation sites is 1. The smallest absolute Gasteiger partial charge is 0.257 e. The van der Waals surface area contributed by atoms with Crippen LogP contribution in [0.15, 0.2) is 47.4 Å². The van der Waals surface area contributed by atoms with Gasteiger partial charge in [-0.2, -0.15) is 0 Å². The van der Waals surface area contributed by atoms with E-state index in [-0.39, 0.29) is 5.78 Å². The minimum absolute atomic E-state index is 0.105. The summed E-state index contributed by atoms with van der Waals surface area (Å²) < 4.78 is 5.18. The van der Waals surface area contributed by atoms with Crippen LogP contribution in [0, 0.1) is 0 Å². The molecule has 1 aliphatic rings. The van der Waals surface area contributed by atoms with Crippen molar-refractivity contribution in [2.24, 2.45) is 0 Å². The van der Waals surface area contributed by atoms with Gasteiger partial charge in [-0.05, 0) is 43.7 Å². The van der Waals surface area contributed by atoms with Crippen molar-refractivity contribution in [3.05, 3.63) is 53.6 Å². The van der Waals surface area contributed by atoms with Crippen LogP contribution in [0.25, 0.3) is 0 Å². The Bertz CT molecular complexity index is 834. The van der Waals surface area contributed by atoms with E-state index in [1.54, 1.807) is 13.2 Å². The molecule has 2 aromatic rings. The molecule has 1 amide bonds. The first-order valence-electron chi connectivity index (χ1n) is 8.42. The summed E-state index contributed by atoms with van der Waals surface area (Å²) in [5.41, 5.74) is 1.91. The average molecular weight is 371 g/mol. The molecule has 0 aromatic heterocycles. The number of ether oxygens (including phenoxy) is 1. The summed E-state index contributed by atoms with van der Waals surface area (Å²) in [5, 5.41) is 10.3. The highest BCUT2D eigenvalue weighted by Crippen LogP contribution is 2.47. The van der Waals surface area contributed by atoms with Crippen LogP contribution in [-0.4, -0.2) is 36.6 Å². The summed E-state index contributed by atoms with van der Waals surface area (Å²) in [4.78, 5) is 27.3. The van der Waals surface area contributed by atoms with Crippen LogP contribution >= 0.6 is 11.8 Å². The maximum atomic E-state index is 12.9. The Morgan fingerprint density at radius 2 is 1.92 bits per heavy atom. The molecule has 6 heteroatoms. The molecule has 0 radical (unpaired) electrons. The lowest BCUT2D eigenvalue weighted by molar-refractivity contribution is -0.126. The Labute approximate surface area is 157 Å². The predicted molar refractivity (Wildman–Crippen MR) is 102 cm³/mol. The summed E-state index contributed by atoms with van der Waals surface area (Å²) in [6, 6.07) is 12.7. The first-order valence-corrected chi connectivity index (χ1v) is 9.29. The molecule has 1 heterocycles. The Morgan fingerprint density at radius 1 is 1.23 bits per heavy atom. The molecule has 0 aliphatic carbocycles. The van der Waals surface area contributed by atoms with Crippen molar-refractivity contribution in [1.29, 1.82) is 0 Å². The molecule has 5 nitrogen and oxygen atoms in total. The van der Waals surface area contributed by atoms with Crippen molar-refractivity contribution in [3.63, 3.8) is 0 Å². The van der Waals surface area contributed by atoms with E-state index in [0.29, 0.717) is 23.5 Å². The maximum absolute atomic E-state index is 12.9. The zero-order valence-corrected chi connectivity index (χ0v) is 15.7. The second-order valence-corrected chi connectivity index (χ2v) is 7.23. The van der Waals surface area contributed by atoms with E-state index < -0.39 is 17.3 Å². The number of thioether (sulfide) groups is 1. The van der Waals surface area contributed by atoms with Crippen molar-refractivity contribution in [2.45, 2.75) is 30.1 Å². The van der Waals surface area contributed by atoms with Crippen LogP contribution in [0.4, 0.5) is 5.69 Å². The van der Waals surface area contributed by atoms with E-state index in [1.165, 1.54) is 23.6 Å². The number of aliphatic hydroxyl groups excluding tert-OH is 1. The van der Waals surface area contributed by atoms with E-state index in [9.17, 15) is 14.7 Å². The summed E-state index contributed by atoms with van der Waals surface area (Å²) in [7, 11) is 1.59. The Hall–Kier alpha value is -2.31. The van der Waals surface area contributed by atoms with E-state index in [4.69, 9.17) is 4.74 Å². The zero-order chi connectivity index (χ0) is 18.8. The van der Waals surface area contributed by atoms with Crippen molar-refractivity contribution in [2.75, 3.05) is 18.6 Å². The SMILES string of the molecule is CCN1C(=O)[C@H](O)[C@H](c2ccc(OC)cc2)Sc2cccc(C(C)=O)c21. The number of nitrogens with zero attached hydrogens (tertiary/aromatic N) is 1. The minimum Gasteiger partial charge on any atom is -0.497 e. The van der Waals surface area contributed by atoms with Gasteiger partial charge in [0, 0.05) is 17.0 Å². The number of Topliss-reactive ketones (excluding diaryl/α,β-unsaturated/α-hetero) is 1. The summed E-state index contributed by atoms with van der Waals surface area (Å²) in [6.07, 6.45) is -1.21. The number of anilines is 1. The maximum Gasteiger partial charge on any atom is 0.257 e. The number of methoxy groups -OCH3 is 1. The van der Waals surface area contributed by atoms with Gasteiger partial charge in [-0.1, -0.05) is 18.2 Å². The number of hydrogen-bond donors (Lipinski definition) is 1. The number of hydrogen-bond acceptors (Lipinski definition) is 5. The molecule has 2 aromatic carbocycles. The van der Waals surface area contributed by atoms with Crippen LogP contribution in [0.1, 0.15) is 35.0 Å². The summed E-state index contributed by atoms with van der Waals surface area (Å²) in [6.45, 7) is 3.70. The normalized spacial score (nSPS) is 19.7. The third-order valence-corrected chi connectivity index (χ3v) is 5.84. The predicted octanol–water partition coefficient (Wildman–Crippen LogP) is 3.46. The quantitative estimate of drug-likeness (QED) is 0.834. The fraction of sp³-hybridized carbons (Fsp3) is 0.300. The number of aliphatic hydroxyl groups is 1. The highest BCUT2D eigenvalue weighted by Gasteiger charge is 2.38. The second kappa shape index (κ2) is 7.51. The molecule has 0 fully saturated rings. The number of likely N-dealkylation sites (N-methyl/N-ethyl adjacent to an activating group) is 1. The fourth-order valence-electron chi connectivity index (χ4n) is 3.14. The number of carbonyl (C=O) groups excluding carboxylic acids is 2.